The van der Waals surface area contributed by atoms with Crippen molar-refractivity contribution in [3.05, 3.63) is 39.4 Å². The summed E-state index contributed by atoms with van der Waals surface area (Å²) < 4.78 is 11.4. The zero-order valence-electron chi connectivity index (χ0n) is 14.1. The van der Waals surface area contributed by atoms with E-state index in [4.69, 9.17) is 9.26 Å². The summed E-state index contributed by atoms with van der Waals surface area (Å²) in [5.74, 6) is 0.537. The number of ether oxygens (including phenoxy) is 1. The van der Waals surface area contributed by atoms with E-state index in [1.807, 2.05) is 18.7 Å². The van der Waals surface area contributed by atoms with Gasteiger partial charge < -0.3 is 14.2 Å². The first-order valence-corrected chi connectivity index (χ1v) is 9.44. The van der Waals surface area contributed by atoms with Crippen LogP contribution < -0.4 is 0 Å². The van der Waals surface area contributed by atoms with E-state index in [-0.39, 0.29) is 17.4 Å². The topological polar surface area (TPSA) is 55.6 Å². The second kappa shape index (κ2) is 6.01. The number of likely N-dealkylation sites (tertiary alicyclic amines) is 1. The van der Waals surface area contributed by atoms with Crippen LogP contribution in [0.25, 0.3) is 0 Å². The van der Waals surface area contributed by atoms with Crippen molar-refractivity contribution in [3.8, 4) is 0 Å². The highest BCUT2D eigenvalue weighted by atomic mass is 32.1. The fourth-order valence-corrected chi connectivity index (χ4v) is 4.78. The summed E-state index contributed by atoms with van der Waals surface area (Å²) >= 11 is 1.79. The Hall–Kier alpha value is -1.66. The Morgan fingerprint density at radius 1 is 1.38 bits per heavy atom. The predicted octanol–water partition coefficient (Wildman–Crippen LogP) is 3.56. The molecule has 1 saturated heterocycles. The lowest BCUT2D eigenvalue weighted by Crippen LogP contribution is -2.47. The van der Waals surface area contributed by atoms with Gasteiger partial charge in [0.2, 0.25) is 5.76 Å². The number of rotatable bonds is 2. The molecule has 0 atom stereocenters. The normalized spacial score (nSPS) is 19.7. The molecule has 1 amide bonds. The van der Waals surface area contributed by atoms with Gasteiger partial charge in [0.15, 0.2) is 0 Å². The molecule has 5 nitrogen and oxygen atoms in total. The smallest absolute Gasteiger partial charge is 0.292 e. The monoisotopic (exact) mass is 346 g/mol. The van der Waals surface area contributed by atoms with E-state index in [9.17, 15) is 4.79 Å². The van der Waals surface area contributed by atoms with Gasteiger partial charge >= 0.3 is 0 Å². The molecule has 0 unspecified atom stereocenters. The first-order chi connectivity index (χ1) is 11.6. The number of nitrogens with zero attached hydrogens (tertiary/aromatic N) is 2. The predicted molar refractivity (Wildman–Crippen MR) is 91.4 cm³/mol. The van der Waals surface area contributed by atoms with Crippen molar-refractivity contribution in [2.75, 3.05) is 19.7 Å². The molecule has 0 N–H and O–H groups in total. The SMILES string of the molecule is CC(C)c1cc(C(=O)N2CCC3(CC2)OCCc2ccsc23)on1. The fraction of sp³-hybridized carbons (Fsp3) is 0.556. The van der Waals surface area contributed by atoms with Crippen LogP contribution in [0, 0.1) is 0 Å². The van der Waals surface area contributed by atoms with Gasteiger partial charge in [0, 0.05) is 24.0 Å². The Balaban J connectivity index is 1.48. The van der Waals surface area contributed by atoms with Gasteiger partial charge in [0.05, 0.1) is 12.3 Å². The van der Waals surface area contributed by atoms with Gasteiger partial charge in [0.1, 0.15) is 5.60 Å². The Labute approximate surface area is 145 Å². The molecule has 2 aliphatic rings. The van der Waals surface area contributed by atoms with Crippen molar-refractivity contribution >= 4 is 17.2 Å². The number of amides is 1. The molecule has 0 aromatic carbocycles. The largest absolute Gasteiger partial charge is 0.369 e. The molecule has 0 bridgehead atoms. The summed E-state index contributed by atoms with van der Waals surface area (Å²) in [6.07, 6.45) is 2.69. The Kier molecular flexibility index (Phi) is 3.96. The van der Waals surface area contributed by atoms with E-state index >= 15 is 0 Å². The van der Waals surface area contributed by atoms with E-state index in [0.717, 1.165) is 31.6 Å². The second-order valence-electron chi connectivity index (χ2n) is 6.93. The Bertz CT molecular complexity index is 741. The summed E-state index contributed by atoms with van der Waals surface area (Å²) in [5, 5.41) is 6.15. The molecule has 4 heterocycles. The third-order valence-corrected chi connectivity index (χ3v) is 6.24. The van der Waals surface area contributed by atoms with Gasteiger partial charge in [-0.2, -0.15) is 0 Å². The van der Waals surface area contributed by atoms with E-state index in [0.29, 0.717) is 18.8 Å². The van der Waals surface area contributed by atoms with Crippen molar-refractivity contribution in [3.63, 3.8) is 0 Å². The summed E-state index contributed by atoms with van der Waals surface area (Å²) in [7, 11) is 0. The Morgan fingerprint density at radius 2 is 2.17 bits per heavy atom. The molecule has 1 fully saturated rings. The third kappa shape index (κ3) is 2.58. The quantitative estimate of drug-likeness (QED) is 0.834. The molecular weight excluding hydrogens is 324 g/mol. The lowest BCUT2D eigenvalue weighted by atomic mass is 9.85. The van der Waals surface area contributed by atoms with Gasteiger partial charge in [-0.05, 0) is 42.2 Å². The molecule has 4 rings (SSSR count). The van der Waals surface area contributed by atoms with Crippen LogP contribution in [-0.2, 0) is 16.8 Å². The third-order valence-electron chi connectivity index (χ3n) is 5.10. The van der Waals surface area contributed by atoms with E-state index in [2.05, 4.69) is 16.6 Å². The van der Waals surface area contributed by atoms with Crippen LogP contribution in [0.2, 0.25) is 0 Å². The van der Waals surface area contributed by atoms with Gasteiger partial charge in [-0.15, -0.1) is 11.3 Å². The molecule has 2 aromatic heterocycles. The second-order valence-corrected chi connectivity index (χ2v) is 7.85. The zero-order valence-corrected chi connectivity index (χ0v) is 14.9. The van der Waals surface area contributed by atoms with Crippen molar-refractivity contribution < 1.29 is 14.1 Å². The summed E-state index contributed by atoms with van der Waals surface area (Å²) in [5.41, 5.74) is 2.05. The number of carbonyl (C=O) groups excluding carboxylic acids is 1. The summed E-state index contributed by atoms with van der Waals surface area (Å²) in [4.78, 5) is 15.9. The van der Waals surface area contributed by atoms with Crippen LogP contribution in [-0.4, -0.2) is 35.7 Å². The standard InChI is InChI=1S/C18H22N2O3S/c1-12(2)14-11-15(23-19-14)17(21)20-7-5-18(6-8-20)16-13(3-9-22-18)4-10-24-16/h4,10-12H,3,5-9H2,1-2H3. The van der Waals surface area contributed by atoms with E-state index in [1.165, 1.54) is 10.4 Å². The van der Waals surface area contributed by atoms with Crippen molar-refractivity contribution in [1.82, 2.24) is 10.1 Å². The molecule has 0 aliphatic carbocycles. The number of piperidine rings is 1. The average molecular weight is 346 g/mol. The number of hydrogen-bond donors (Lipinski definition) is 0. The zero-order chi connectivity index (χ0) is 16.7. The van der Waals surface area contributed by atoms with E-state index in [1.54, 1.807) is 17.4 Å². The molecule has 2 aromatic rings. The number of hydrogen-bond acceptors (Lipinski definition) is 5. The molecule has 0 saturated carbocycles. The first kappa shape index (κ1) is 15.8. The van der Waals surface area contributed by atoms with Crippen LogP contribution >= 0.6 is 11.3 Å². The lowest BCUT2D eigenvalue weighted by Gasteiger charge is -2.43. The molecule has 6 heteroatoms. The van der Waals surface area contributed by atoms with Gasteiger partial charge in [0.25, 0.3) is 5.91 Å². The van der Waals surface area contributed by atoms with Crippen molar-refractivity contribution in [2.45, 2.75) is 44.6 Å². The molecule has 24 heavy (non-hydrogen) atoms. The molecule has 1 spiro atoms. The van der Waals surface area contributed by atoms with Crippen LogP contribution in [0.15, 0.2) is 22.0 Å². The summed E-state index contributed by atoms with van der Waals surface area (Å²) in [6.45, 7) is 6.23. The highest BCUT2D eigenvalue weighted by molar-refractivity contribution is 7.10. The molecule has 128 valence electrons. The van der Waals surface area contributed by atoms with Crippen LogP contribution in [0.3, 0.4) is 0 Å². The summed E-state index contributed by atoms with van der Waals surface area (Å²) in [6, 6.07) is 3.98. The van der Waals surface area contributed by atoms with Gasteiger partial charge in [-0.25, -0.2) is 0 Å². The van der Waals surface area contributed by atoms with Gasteiger partial charge in [-0.1, -0.05) is 19.0 Å². The van der Waals surface area contributed by atoms with Crippen molar-refractivity contribution in [1.29, 1.82) is 0 Å². The lowest BCUT2D eigenvalue weighted by molar-refractivity contribution is -0.0908. The van der Waals surface area contributed by atoms with Crippen LogP contribution in [0.5, 0.6) is 0 Å². The maximum Gasteiger partial charge on any atom is 0.292 e. The van der Waals surface area contributed by atoms with Crippen molar-refractivity contribution in [2.24, 2.45) is 0 Å². The average Bonchev–Trinajstić information content (AvgIpc) is 3.25. The van der Waals surface area contributed by atoms with Gasteiger partial charge in [-0.3, -0.25) is 4.79 Å². The minimum Gasteiger partial charge on any atom is -0.369 e. The number of aromatic nitrogens is 1. The molecule has 0 radical (unpaired) electrons. The fourth-order valence-electron chi connectivity index (χ4n) is 3.61. The number of fused-ring (bicyclic) bond motifs is 2. The number of carbonyl (C=O) groups is 1. The molecule has 2 aliphatic heterocycles. The van der Waals surface area contributed by atoms with Crippen LogP contribution in [0.1, 0.15) is 59.3 Å². The Morgan fingerprint density at radius 3 is 2.88 bits per heavy atom. The first-order valence-electron chi connectivity index (χ1n) is 8.56. The minimum atomic E-state index is -0.191. The maximum absolute atomic E-state index is 12.7. The highest BCUT2D eigenvalue weighted by Crippen LogP contribution is 2.44. The molecular formula is C18H22N2O3S. The maximum atomic E-state index is 12.7. The number of thiophene rings is 1. The van der Waals surface area contributed by atoms with Crippen LogP contribution in [0.4, 0.5) is 0 Å². The van der Waals surface area contributed by atoms with E-state index < -0.39 is 0 Å². The minimum absolute atomic E-state index is 0.0635. The highest BCUT2D eigenvalue weighted by Gasteiger charge is 2.43.